The van der Waals surface area contributed by atoms with Crippen molar-refractivity contribution in [3.05, 3.63) is 46.0 Å². The largest absolute Gasteiger partial charge is 0.334 e. The first-order chi connectivity index (χ1) is 11.0. The molecular weight excluding hydrogens is 297 g/mol. The van der Waals surface area contributed by atoms with Gasteiger partial charge in [0.15, 0.2) is 0 Å². The maximum Gasteiger partial charge on any atom is 0.255 e. The molecule has 2 aromatic rings. The summed E-state index contributed by atoms with van der Waals surface area (Å²) >= 11 is 0. The highest BCUT2D eigenvalue weighted by Gasteiger charge is 2.32. The second-order valence-corrected chi connectivity index (χ2v) is 6.16. The van der Waals surface area contributed by atoms with Crippen molar-refractivity contribution in [2.75, 3.05) is 13.1 Å². The number of nitrogens with zero attached hydrogens (tertiary/aromatic N) is 1. The summed E-state index contributed by atoms with van der Waals surface area (Å²) in [5, 5.41) is 0.546. The molecule has 3 N–H and O–H groups in total. The van der Waals surface area contributed by atoms with Crippen LogP contribution in [0.1, 0.15) is 30.1 Å². The first kappa shape index (κ1) is 15.7. The first-order valence-electron chi connectivity index (χ1n) is 7.85. The number of rotatable bonds is 2. The molecule has 1 aliphatic rings. The van der Waals surface area contributed by atoms with Crippen LogP contribution in [0.3, 0.4) is 0 Å². The van der Waals surface area contributed by atoms with Gasteiger partial charge in [-0.25, -0.2) is 4.39 Å². The van der Waals surface area contributed by atoms with E-state index >= 15 is 0 Å². The van der Waals surface area contributed by atoms with Crippen LogP contribution >= 0.6 is 0 Å². The summed E-state index contributed by atoms with van der Waals surface area (Å²) < 4.78 is 13.4. The van der Waals surface area contributed by atoms with E-state index in [1.165, 1.54) is 24.3 Å². The molecule has 0 radical (unpaired) electrons. The molecule has 2 heterocycles. The number of fused-ring (bicyclic) bond motifs is 1. The molecule has 0 aliphatic carbocycles. The number of likely N-dealkylation sites (tertiary alicyclic amines) is 1. The standard InChI is InChI=1S/C17H20FN3O2/c1-10-3-2-6-21(15(10)9-19)17(23)13-8-16(22)20-14-7-11(18)4-5-12(13)14/h4-5,7-8,10,15H,2-3,6,9,19H2,1H3,(H,20,22)/t10-,15-/m0/s1. The van der Waals surface area contributed by atoms with Gasteiger partial charge in [-0.05, 0) is 37.0 Å². The molecule has 0 unspecified atom stereocenters. The molecule has 1 aromatic carbocycles. The number of H-pyrrole nitrogens is 1. The summed E-state index contributed by atoms with van der Waals surface area (Å²) in [5.41, 5.74) is 6.07. The highest BCUT2D eigenvalue weighted by Crippen LogP contribution is 2.26. The van der Waals surface area contributed by atoms with Gasteiger partial charge in [0.05, 0.1) is 11.1 Å². The van der Waals surface area contributed by atoms with Gasteiger partial charge in [0, 0.05) is 30.6 Å². The maximum atomic E-state index is 13.4. The number of halogens is 1. The Hall–Kier alpha value is -2.21. The summed E-state index contributed by atoms with van der Waals surface area (Å²) in [7, 11) is 0. The fourth-order valence-electron chi connectivity index (χ4n) is 3.42. The average Bonchev–Trinajstić information content (AvgIpc) is 2.52. The molecule has 3 rings (SSSR count). The molecule has 1 fully saturated rings. The second-order valence-electron chi connectivity index (χ2n) is 6.16. The number of nitrogens with one attached hydrogen (secondary N) is 1. The van der Waals surface area contributed by atoms with Gasteiger partial charge in [-0.3, -0.25) is 9.59 Å². The van der Waals surface area contributed by atoms with E-state index in [9.17, 15) is 14.0 Å². The quantitative estimate of drug-likeness (QED) is 0.887. The molecule has 23 heavy (non-hydrogen) atoms. The maximum absolute atomic E-state index is 13.4. The lowest BCUT2D eigenvalue weighted by molar-refractivity contribution is 0.0534. The minimum absolute atomic E-state index is 0.0361. The van der Waals surface area contributed by atoms with Crippen LogP contribution in [-0.2, 0) is 0 Å². The number of benzene rings is 1. The molecule has 1 aromatic heterocycles. The van der Waals surface area contributed by atoms with Gasteiger partial charge < -0.3 is 15.6 Å². The first-order valence-corrected chi connectivity index (χ1v) is 7.85. The van der Waals surface area contributed by atoms with Gasteiger partial charge in [-0.15, -0.1) is 0 Å². The number of pyridine rings is 1. The SMILES string of the molecule is C[C@H]1CCCN(C(=O)c2cc(=O)[nH]c3cc(F)ccc23)[C@H]1CN. The van der Waals surface area contributed by atoms with Crippen molar-refractivity contribution in [1.82, 2.24) is 9.88 Å². The molecule has 1 saturated heterocycles. The zero-order valence-corrected chi connectivity index (χ0v) is 13.0. The van der Waals surface area contributed by atoms with Crippen molar-refractivity contribution in [1.29, 1.82) is 0 Å². The minimum Gasteiger partial charge on any atom is -0.334 e. The lowest BCUT2D eigenvalue weighted by atomic mass is 9.90. The predicted molar refractivity (Wildman–Crippen MR) is 86.8 cm³/mol. The van der Waals surface area contributed by atoms with E-state index in [1.54, 1.807) is 4.90 Å². The van der Waals surface area contributed by atoms with Crippen LogP contribution in [-0.4, -0.2) is 34.9 Å². The van der Waals surface area contributed by atoms with E-state index in [0.717, 1.165) is 12.8 Å². The van der Waals surface area contributed by atoms with Crippen molar-refractivity contribution >= 4 is 16.8 Å². The third-order valence-electron chi connectivity index (χ3n) is 4.65. The average molecular weight is 317 g/mol. The van der Waals surface area contributed by atoms with Crippen LogP contribution in [0.25, 0.3) is 10.9 Å². The van der Waals surface area contributed by atoms with Crippen LogP contribution in [0.4, 0.5) is 4.39 Å². The van der Waals surface area contributed by atoms with Gasteiger partial charge in [0.1, 0.15) is 5.82 Å². The normalized spacial score (nSPS) is 21.6. The van der Waals surface area contributed by atoms with Crippen molar-refractivity contribution < 1.29 is 9.18 Å². The van der Waals surface area contributed by atoms with Crippen LogP contribution in [0.5, 0.6) is 0 Å². The number of hydrogen-bond donors (Lipinski definition) is 2. The van der Waals surface area contributed by atoms with Gasteiger partial charge in [-0.1, -0.05) is 6.92 Å². The lowest BCUT2D eigenvalue weighted by Gasteiger charge is -2.39. The molecule has 1 aliphatic heterocycles. The van der Waals surface area contributed by atoms with Gasteiger partial charge >= 0.3 is 0 Å². The summed E-state index contributed by atoms with van der Waals surface area (Å²) in [6.07, 6.45) is 1.95. The molecule has 1 amide bonds. The van der Waals surface area contributed by atoms with Gasteiger partial charge in [0.25, 0.3) is 5.91 Å². The highest BCUT2D eigenvalue weighted by atomic mass is 19.1. The van der Waals surface area contributed by atoms with Crippen molar-refractivity contribution in [3.8, 4) is 0 Å². The fourth-order valence-corrected chi connectivity index (χ4v) is 3.42. The predicted octanol–water partition coefficient (Wildman–Crippen LogP) is 1.87. The smallest absolute Gasteiger partial charge is 0.255 e. The third-order valence-corrected chi connectivity index (χ3v) is 4.65. The number of amides is 1. The van der Waals surface area contributed by atoms with Gasteiger partial charge in [0.2, 0.25) is 5.56 Å². The molecule has 0 spiro atoms. The number of aromatic amines is 1. The summed E-state index contributed by atoms with van der Waals surface area (Å²) in [4.78, 5) is 29.2. The molecule has 0 saturated carbocycles. The summed E-state index contributed by atoms with van der Waals surface area (Å²) in [5.74, 6) is -0.345. The minimum atomic E-state index is -0.454. The van der Waals surface area contributed by atoms with Crippen LogP contribution in [0, 0.1) is 11.7 Å². The Labute approximate surface area is 133 Å². The number of aromatic nitrogens is 1. The van der Waals surface area contributed by atoms with E-state index in [1.807, 2.05) is 0 Å². The number of carbonyl (C=O) groups excluding carboxylic acids is 1. The van der Waals surface area contributed by atoms with Crippen LogP contribution in [0.2, 0.25) is 0 Å². The van der Waals surface area contributed by atoms with Gasteiger partial charge in [-0.2, -0.15) is 0 Å². The lowest BCUT2D eigenvalue weighted by Crippen LogP contribution is -2.51. The van der Waals surface area contributed by atoms with E-state index in [-0.39, 0.29) is 11.9 Å². The van der Waals surface area contributed by atoms with E-state index in [4.69, 9.17) is 5.73 Å². The Bertz CT molecular complexity index is 802. The zero-order valence-electron chi connectivity index (χ0n) is 13.0. The van der Waals surface area contributed by atoms with E-state index in [2.05, 4.69) is 11.9 Å². The van der Waals surface area contributed by atoms with Crippen LogP contribution in [0.15, 0.2) is 29.1 Å². The molecular formula is C17H20FN3O2. The fraction of sp³-hybridized carbons (Fsp3) is 0.412. The Balaban J connectivity index is 2.08. The Morgan fingerprint density at radius 3 is 2.96 bits per heavy atom. The highest BCUT2D eigenvalue weighted by molar-refractivity contribution is 6.06. The molecule has 5 nitrogen and oxygen atoms in total. The Morgan fingerprint density at radius 1 is 1.43 bits per heavy atom. The molecule has 2 atom stereocenters. The number of nitrogens with two attached hydrogens (primary N) is 1. The van der Waals surface area contributed by atoms with E-state index in [0.29, 0.717) is 35.5 Å². The van der Waals surface area contributed by atoms with Crippen molar-refractivity contribution in [2.24, 2.45) is 11.7 Å². The molecule has 122 valence electrons. The van der Waals surface area contributed by atoms with E-state index < -0.39 is 11.4 Å². The Kier molecular flexibility index (Phi) is 4.17. The monoisotopic (exact) mass is 317 g/mol. The van der Waals surface area contributed by atoms with Crippen molar-refractivity contribution in [3.63, 3.8) is 0 Å². The second kappa shape index (κ2) is 6.12. The Morgan fingerprint density at radius 2 is 2.22 bits per heavy atom. The number of carbonyl (C=O) groups is 1. The number of hydrogen-bond acceptors (Lipinski definition) is 3. The number of piperidine rings is 1. The van der Waals surface area contributed by atoms with Crippen LogP contribution < -0.4 is 11.3 Å². The third kappa shape index (κ3) is 2.86. The zero-order chi connectivity index (χ0) is 16.6. The molecule has 6 heteroatoms. The van der Waals surface area contributed by atoms with Crippen molar-refractivity contribution in [2.45, 2.75) is 25.8 Å². The topological polar surface area (TPSA) is 79.2 Å². The molecule has 0 bridgehead atoms. The summed E-state index contributed by atoms with van der Waals surface area (Å²) in [6, 6.07) is 5.29. The summed E-state index contributed by atoms with van der Waals surface area (Å²) in [6.45, 7) is 3.10.